The number of aromatic nitrogens is 3. The summed E-state index contributed by atoms with van der Waals surface area (Å²) in [6.07, 6.45) is 3.82. The second-order valence-corrected chi connectivity index (χ2v) is 7.95. The molecule has 4 aromatic rings. The Bertz CT molecular complexity index is 1240. The Kier molecular flexibility index (Phi) is 4.90. The highest BCUT2D eigenvalue weighted by molar-refractivity contribution is 6.02. The lowest BCUT2D eigenvalue weighted by molar-refractivity contribution is -0.129. The van der Waals surface area contributed by atoms with Crippen molar-refractivity contribution in [2.45, 2.75) is 13.8 Å². The van der Waals surface area contributed by atoms with Crippen LogP contribution in [0.3, 0.4) is 0 Å². The van der Waals surface area contributed by atoms with Crippen molar-refractivity contribution in [3.63, 3.8) is 0 Å². The van der Waals surface area contributed by atoms with Crippen molar-refractivity contribution >= 4 is 22.8 Å². The van der Waals surface area contributed by atoms with Crippen molar-refractivity contribution in [2.24, 2.45) is 0 Å². The number of rotatable bonds is 3. The van der Waals surface area contributed by atoms with Crippen molar-refractivity contribution in [1.82, 2.24) is 19.4 Å². The number of piperazine rings is 1. The van der Waals surface area contributed by atoms with E-state index in [2.05, 4.69) is 71.1 Å². The van der Waals surface area contributed by atoms with Crippen molar-refractivity contribution < 1.29 is 4.79 Å². The molecular formula is C25H25N5O. The summed E-state index contributed by atoms with van der Waals surface area (Å²) < 4.78 is 2.17. The standard InChI is InChI=1S/C25H25N5O/c1-18-8-6-7-11-22(18)30-16-21(20-9-4-3-5-10-20)23-24(26-17-27-25(23)30)29-14-12-28(13-15-29)19(2)31/h3-11,16-17H,12-15H2,1-2H3. The van der Waals surface area contributed by atoms with Crippen LogP contribution in [0.25, 0.3) is 27.8 Å². The van der Waals surface area contributed by atoms with E-state index >= 15 is 0 Å². The molecule has 1 amide bonds. The van der Waals surface area contributed by atoms with Gasteiger partial charge in [-0.3, -0.25) is 4.79 Å². The van der Waals surface area contributed by atoms with E-state index in [9.17, 15) is 4.79 Å². The molecular weight excluding hydrogens is 386 g/mol. The van der Waals surface area contributed by atoms with Gasteiger partial charge in [0.15, 0.2) is 5.65 Å². The number of aryl methyl sites for hydroxylation is 1. The lowest BCUT2D eigenvalue weighted by Crippen LogP contribution is -2.48. The lowest BCUT2D eigenvalue weighted by Gasteiger charge is -2.35. The molecule has 0 saturated carbocycles. The molecule has 156 valence electrons. The number of benzene rings is 2. The number of carbonyl (C=O) groups excluding carboxylic acids is 1. The molecule has 2 aromatic heterocycles. The van der Waals surface area contributed by atoms with Gasteiger partial charge in [0.2, 0.25) is 5.91 Å². The molecule has 1 aliphatic rings. The van der Waals surface area contributed by atoms with E-state index in [1.54, 1.807) is 13.3 Å². The van der Waals surface area contributed by atoms with Gasteiger partial charge in [-0.25, -0.2) is 9.97 Å². The first-order chi connectivity index (χ1) is 15.1. The van der Waals surface area contributed by atoms with Gasteiger partial charge in [-0.05, 0) is 24.1 Å². The zero-order chi connectivity index (χ0) is 21.4. The van der Waals surface area contributed by atoms with Gasteiger partial charge >= 0.3 is 0 Å². The van der Waals surface area contributed by atoms with Crippen LogP contribution in [0, 0.1) is 6.92 Å². The minimum Gasteiger partial charge on any atom is -0.352 e. The molecule has 31 heavy (non-hydrogen) atoms. The highest BCUT2D eigenvalue weighted by atomic mass is 16.2. The van der Waals surface area contributed by atoms with Crippen LogP contribution in [0.5, 0.6) is 0 Å². The van der Waals surface area contributed by atoms with Crippen LogP contribution in [-0.2, 0) is 4.79 Å². The summed E-state index contributed by atoms with van der Waals surface area (Å²) in [6.45, 7) is 6.69. The molecule has 0 spiro atoms. The second kappa shape index (κ2) is 7.87. The Morgan fingerprint density at radius 3 is 2.32 bits per heavy atom. The monoisotopic (exact) mass is 411 g/mol. The first-order valence-corrected chi connectivity index (χ1v) is 10.6. The van der Waals surface area contributed by atoms with E-state index in [4.69, 9.17) is 9.97 Å². The fraction of sp³-hybridized carbons (Fsp3) is 0.240. The third-order valence-electron chi connectivity index (χ3n) is 6.05. The third kappa shape index (κ3) is 3.44. The molecule has 2 aromatic carbocycles. The molecule has 0 radical (unpaired) electrons. The van der Waals surface area contributed by atoms with E-state index in [0.717, 1.165) is 46.8 Å². The summed E-state index contributed by atoms with van der Waals surface area (Å²) >= 11 is 0. The van der Waals surface area contributed by atoms with Gasteiger partial charge in [0, 0.05) is 50.6 Å². The van der Waals surface area contributed by atoms with Crippen LogP contribution in [0.1, 0.15) is 12.5 Å². The second-order valence-electron chi connectivity index (χ2n) is 7.95. The van der Waals surface area contributed by atoms with Crippen LogP contribution in [0.4, 0.5) is 5.82 Å². The Hall–Kier alpha value is -3.67. The molecule has 6 heteroatoms. The van der Waals surface area contributed by atoms with E-state index in [1.807, 2.05) is 11.0 Å². The maximum absolute atomic E-state index is 11.8. The van der Waals surface area contributed by atoms with Crippen molar-refractivity contribution in [1.29, 1.82) is 0 Å². The number of carbonyl (C=O) groups is 1. The van der Waals surface area contributed by atoms with E-state index < -0.39 is 0 Å². The largest absolute Gasteiger partial charge is 0.352 e. The van der Waals surface area contributed by atoms with Crippen LogP contribution in [0.2, 0.25) is 0 Å². The summed E-state index contributed by atoms with van der Waals surface area (Å²) in [4.78, 5) is 25.4. The smallest absolute Gasteiger partial charge is 0.219 e. The van der Waals surface area contributed by atoms with Crippen LogP contribution in [0.15, 0.2) is 67.1 Å². The summed E-state index contributed by atoms with van der Waals surface area (Å²) in [7, 11) is 0. The predicted molar refractivity (Wildman–Crippen MR) is 124 cm³/mol. The molecule has 0 atom stereocenters. The van der Waals surface area contributed by atoms with E-state index in [0.29, 0.717) is 13.1 Å². The van der Waals surface area contributed by atoms with Gasteiger partial charge in [-0.1, -0.05) is 48.5 Å². The Balaban J connectivity index is 1.70. The fourth-order valence-corrected chi connectivity index (χ4v) is 4.37. The zero-order valence-corrected chi connectivity index (χ0v) is 17.8. The summed E-state index contributed by atoms with van der Waals surface area (Å²) in [6, 6.07) is 18.7. The summed E-state index contributed by atoms with van der Waals surface area (Å²) in [5.74, 6) is 1.06. The number of amides is 1. The number of nitrogens with zero attached hydrogens (tertiary/aromatic N) is 5. The summed E-state index contributed by atoms with van der Waals surface area (Å²) in [5.41, 5.74) is 5.45. The molecule has 3 heterocycles. The first kappa shape index (κ1) is 19.3. The highest BCUT2D eigenvalue weighted by Gasteiger charge is 2.25. The molecule has 1 saturated heterocycles. The fourth-order valence-electron chi connectivity index (χ4n) is 4.37. The normalized spacial score (nSPS) is 14.3. The Morgan fingerprint density at radius 2 is 1.61 bits per heavy atom. The SMILES string of the molecule is CC(=O)N1CCN(c2ncnc3c2c(-c2ccccc2)cn3-c2ccccc2C)CC1. The van der Waals surface area contributed by atoms with Gasteiger partial charge in [0.25, 0.3) is 0 Å². The van der Waals surface area contributed by atoms with Crippen LogP contribution in [-0.4, -0.2) is 51.5 Å². The highest BCUT2D eigenvalue weighted by Crippen LogP contribution is 2.37. The number of para-hydroxylation sites is 1. The Labute approximate surface area is 181 Å². The average Bonchev–Trinajstić information content (AvgIpc) is 3.20. The van der Waals surface area contributed by atoms with Gasteiger partial charge in [0.05, 0.1) is 5.39 Å². The van der Waals surface area contributed by atoms with Crippen LogP contribution >= 0.6 is 0 Å². The zero-order valence-electron chi connectivity index (χ0n) is 17.8. The summed E-state index contributed by atoms with van der Waals surface area (Å²) in [5, 5.41) is 1.05. The van der Waals surface area contributed by atoms with Crippen molar-refractivity contribution in [2.75, 3.05) is 31.1 Å². The molecule has 0 aliphatic carbocycles. The molecule has 1 fully saturated rings. The molecule has 1 aliphatic heterocycles. The van der Waals surface area contributed by atoms with Gasteiger partial charge in [-0.2, -0.15) is 0 Å². The number of hydrogen-bond acceptors (Lipinski definition) is 4. The topological polar surface area (TPSA) is 54.3 Å². The number of hydrogen-bond donors (Lipinski definition) is 0. The molecule has 0 bridgehead atoms. The minimum atomic E-state index is 0.128. The minimum absolute atomic E-state index is 0.128. The van der Waals surface area contributed by atoms with Crippen molar-refractivity contribution in [3.8, 4) is 16.8 Å². The first-order valence-electron chi connectivity index (χ1n) is 10.6. The van der Waals surface area contributed by atoms with Crippen molar-refractivity contribution in [3.05, 3.63) is 72.7 Å². The maximum atomic E-state index is 11.8. The maximum Gasteiger partial charge on any atom is 0.219 e. The van der Waals surface area contributed by atoms with E-state index in [-0.39, 0.29) is 5.91 Å². The molecule has 0 N–H and O–H groups in total. The third-order valence-corrected chi connectivity index (χ3v) is 6.05. The average molecular weight is 412 g/mol. The molecule has 0 unspecified atom stereocenters. The molecule has 6 nitrogen and oxygen atoms in total. The predicted octanol–water partition coefficient (Wildman–Crippen LogP) is 4.06. The molecule has 5 rings (SSSR count). The Morgan fingerprint density at radius 1 is 0.903 bits per heavy atom. The number of fused-ring (bicyclic) bond motifs is 1. The van der Waals surface area contributed by atoms with Crippen LogP contribution < -0.4 is 4.90 Å². The van der Waals surface area contributed by atoms with Gasteiger partial charge in [0.1, 0.15) is 12.1 Å². The van der Waals surface area contributed by atoms with E-state index in [1.165, 1.54) is 5.56 Å². The van der Waals surface area contributed by atoms with Gasteiger partial charge < -0.3 is 14.4 Å². The van der Waals surface area contributed by atoms with Gasteiger partial charge in [-0.15, -0.1) is 0 Å². The quantitative estimate of drug-likeness (QED) is 0.510. The lowest BCUT2D eigenvalue weighted by atomic mass is 10.1. The number of anilines is 1.